The number of nitrogens with zero attached hydrogens (tertiary/aromatic N) is 1. The summed E-state index contributed by atoms with van der Waals surface area (Å²) in [7, 11) is -3.59. The van der Waals surface area contributed by atoms with Gasteiger partial charge in [-0.05, 0) is 66.4 Å². The van der Waals surface area contributed by atoms with Crippen LogP contribution in [-0.2, 0) is 10.0 Å². The van der Waals surface area contributed by atoms with Crippen LogP contribution in [0.5, 0.6) is 0 Å². The van der Waals surface area contributed by atoms with E-state index in [-0.39, 0.29) is 21.5 Å². The molecule has 1 aromatic carbocycles. The molecule has 2 bridgehead atoms. The zero-order valence-corrected chi connectivity index (χ0v) is 14.2. The minimum atomic E-state index is -3.59. The lowest BCUT2D eigenvalue weighted by Crippen LogP contribution is -2.42. The van der Waals surface area contributed by atoms with Crippen LogP contribution in [0.4, 0.5) is 4.39 Å². The van der Waals surface area contributed by atoms with Crippen molar-refractivity contribution in [3.63, 3.8) is 0 Å². The second-order valence-corrected chi connectivity index (χ2v) is 8.41. The van der Waals surface area contributed by atoms with Gasteiger partial charge in [0.25, 0.3) is 0 Å². The lowest BCUT2D eigenvalue weighted by atomic mass is 10.1. The topological polar surface area (TPSA) is 49.4 Å². The van der Waals surface area contributed by atoms with E-state index in [1.165, 1.54) is 12.1 Å². The molecule has 0 amide bonds. The Kier molecular flexibility index (Phi) is 4.11. The minimum Gasteiger partial charge on any atom is -0.315 e. The zero-order chi connectivity index (χ0) is 15.2. The molecule has 0 radical (unpaired) electrons. The smallest absolute Gasteiger partial charge is 0.243 e. The largest absolute Gasteiger partial charge is 0.315 e. The second-order valence-electron chi connectivity index (χ2n) is 5.74. The zero-order valence-electron chi connectivity index (χ0n) is 11.8. The molecule has 2 saturated heterocycles. The first-order valence-corrected chi connectivity index (χ1v) is 9.34. The molecule has 4 nitrogen and oxygen atoms in total. The molecule has 2 aliphatic heterocycles. The highest BCUT2D eigenvalue weighted by Gasteiger charge is 2.43. The summed E-state index contributed by atoms with van der Waals surface area (Å²) in [4.78, 5) is 0.203. The fourth-order valence-electron chi connectivity index (χ4n) is 3.35. The maximum Gasteiger partial charge on any atom is 0.243 e. The Morgan fingerprint density at radius 2 is 2.00 bits per heavy atom. The van der Waals surface area contributed by atoms with Gasteiger partial charge in [-0.3, -0.25) is 0 Å². The highest BCUT2D eigenvalue weighted by molar-refractivity contribution is 9.10. The number of benzene rings is 1. The van der Waals surface area contributed by atoms with Crippen molar-refractivity contribution >= 4 is 26.0 Å². The Bertz CT molecular complexity index is 651. The predicted octanol–water partition coefficient (Wildman–Crippen LogP) is 2.41. The number of hydrogen-bond acceptors (Lipinski definition) is 3. The van der Waals surface area contributed by atoms with Gasteiger partial charge in [-0.1, -0.05) is 0 Å². The minimum absolute atomic E-state index is 0.00530. The average Bonchev–Trinajstić information content (AvgIpc) is 2.68. The summed E-state index contributed by atoms with van der Waals surface area (Å²) < 4.78 is 41.5. The van der Waals surface area contributed by atoms with Gasteiger partial charge in [0.15, 0.2) is 0 Å². The third-order valence-electron chi connectivity index (χ3n) is 4.36. The second kappa shape index (κ2) is 5.61. The van der Waals surface area contributed by atoms with Crippen molar-refractivity contribution < 1.29 is 12.8 Å². The van der Waals surface area contributed by atoms with E-state index in [1.807, 2.05) is 0 Å². The number of fused-ring (bicyclic) bond motifs is 2. The summed E-state index contributed by atoms with van der Waals surface area (Å²) in [6, 6.07) is 2.72. The Morgan fingerprint density at radius 3 is 2.76 bits per heavy atom. The Balaban J connectivity index is 2.06. The van der Waals surface area contributed by atoms with Crippen LogP contribution in [0.3, 0.4) is 0 Å². The summed E-state index contributed by atoms with van der Waals surface area (Å²) in [5, 5.41) is 3.29. The van der Waals surface area contributed by atoms with Crippen LogP contribution in [0, 0.1) is 12.7 Å². The highest BCUT2D eigenvalue weighted by Crippen LogP contribution is 2.35. The molecule has 2 aliphatic rings. The van der Waals surface area contributed by atoms with Gasteiger partial charge >= 0.3 is 0 Å². The molecule has 2 fully saturated rings. The number of aryl methyl sites for hydroxylation is 1. The van der Waals surface area contributed by atoms with E-state index in [2.05, 4.69) is 21.2 Å². The molecular formula is C14H18BrFN2O2S. The van der Waals surface area contributed by atoms with Crippen LogP contribution < -0.4 is 5.32 Å². The third-order valence-corrected chi connectivity index (χ3v) is 7.12. The highest BCUT2D eigenvalue weighted by atomic mass is 79.9. The van der Waals surface area contributed by atoms with Gasteiger partial charge in [0.2, 0.25) is 10.0 Å². The average molecular weight is 377 g/mol. The molecule has 2 atom stereocenters. The van der Waals surface area contributed by atoms with Crippen molar-refractivity contribution in [2.24, 2.45) is 0 Å². The van der Waals surface area contributed by atoms with E-state index in [1.54, 1.807) is 11.2 Å². The van der Waals surface area contributed by atoms with Gasteiger partial charge in [0.05, 0.1) is 9.37 Å². The molecule has 116 valence electrons. The van der Waals surface area contributed by atoms with Gasteiger partial charge < -0.3 is 5.32 Å². The SMILES string of the molecule is Cc1cc(F)c(Br)cc1S(=O)(=O)N1C2CCNCC1CC2. The molecule has 21 heavy (non-hydrogen) atoms. The molecule has 0 spiro atoms. The number of rotatable bonds is 2. The molecule has 3 rings (SSSR count). The van der Waals surface area contributed by atoms with Gasteiger partial charge in [0, 0.05) is 18.6 Å². The number of hydrogen-bond donors (Lipinski definition) is 1. The van der Waals surface area contributed by atoms with Crippen LogP contribution in [0.2, 0.25) is 0 Å². The maximum absolute atomic E-state index is 13.6. The van der Waals surface area contributed by atoms with E-state index < -0.39 is 15.8 Å². The first kappa shape index (κ1) is 15.4. The molecule has 0 saturated carbocycles. The Labute approximate surface area is 132 Å². The standard InChI is InChI=1S/C14H18BrFN2O2S/c1-9-6-13(16)12(15)7-14(9)21(19,20)18-10-2-3-11(18)8-17-5-4-10/h6-7,10-11,17H,2-5,8H2,1H3. The molecule has 0 aromatic heterocycles. The van der Waals surface area contributed by atoms with E-state index in [4.69, 9.17) is 0 Å². The number of nitrogens with one attached hydrogen (secondary N) is 1. The van der Waals surface area contributed by atoms with E-state index >= 15 is 0 Å². The van der Waals surface area contributed by atoms with E-state index in [0.717, 1.165) is 25.8 Å². The van der Waals surface area contributed by atoms with Gasteiger partial charge in [-0.25, -0.2) is 12.8 Å². The lowest BCUT2D eigenvalue weighted by molar-refractivity contribution is 0.334. The van der Waals surface area contributed by atoms with Crippen LogP contribution in [-0.4, -0.2) is 37.9 Å². The molecule has 0 aliphatic carbocycles. The number of halogens is 2. The van der Waals surface area contributed by atoms with Gasteiger partial charge in [-0.2, -0.15) is 4.31 Å². The first-order chi connectivity index (χ1) is 9.91. The molecule has 2 heterocycles. The van der Waals surface area contributed by atoms with E-state index in [9.17, 15) is 12.8 Å². The quantitative estimate of drug-likeness (QED) is 0.861. The van der Waals surface area contributed by atoms with Crippen LogP contribution in [0.15, 0.2) is 21.5 Å². The molecule has 2 unspecified atom stereocenters. The monoisotopic (exact) mass is 376 g/mol. The lowest BCUT2D eigenvalue weighted by Gasteiger charge is -2.27. The summed E-state index contributed by atoms with van der Waals surface area (Å²) in [6.45, 7) is 3.18. The normalized spacial score (nSPS) is 26.8. The van der Waals surface area contributed by atoms with Crippen molar-refractivity contribution in [3.05, 3.63) is 28.0 Å². The predicted molar refractivity (Wildman–Crippen MR) is 82.2 cm³/mol. The number of sulfonamides is 1. The van der Waals surface area contributed by atoms with Crippen molar-refractivity contribution in [1.82, 2.24) is 9.62 Å². The van der Waals surface area contributed by atoms with Crippen molar-refractivity contribution in [2.75, 3.05) is 13.1 Å². The van der Waals surface area contributed by atoms with Gasteiger partial charge in [-0.15, -0.1) is 0 Å². The third kappa shape index (κ3) is 2.65. The van der Waals surface area contributed by atoms with Gasteiger partial charge in [0.1, 0.15) is 5.82 Å². The maximum atomic E-state index is 13.6. The fourth-order valence-corrected chi connectivity index (χ4v) is 5.98. The Morgan fingerprint density at radius 1 is 1.29 bits per heavy atom. The first-order valence-electron chi connectivity index (χ1n) is 7.11. The molecular weight excluding hydrogens is 359 g/mol. The van der Waals surface area contributed by atoms with Crippen molar-refractivity contribution in [2.45, 2.75) is 43.2 Å². The van der Waals surface area contributed by atoms with E-state index in [0.29, 0.717) is 12.1 Å². The van der Waals surface area contributed by atoms with Crippen molar-refractivity contribution in [3.8, 4) is 0 Å². The summed E-state index contributed by atoms with van der Waals surface area (Å²) in [5.74, 6) is -0.438. The molecule has 1 aromatic rings. The summed E-state index contributed by atoms with van der Waals surface area (Å²) in [5.41, 5.74) is 0.451. The van der Waals surface area contributed by atoms with Crippen molar-refractivity contribution in [1.29, 1.82) is 0 Å². The summed E-state index contributed by atoms with van der Waals surface area (Å²) >= 11 is 3.09. The molecule has 7 heteroatoms. The molecule has 1 N–H and O–H groups in total. The Hall–Kier alpha value is -0.500. The van der Waals surface area contributed by atoms with Crippen LogP contribution in [0.25, 0.3) is 0 Å². The fraction of sp³-hybridized carbons (Fsp3) is 0.571. The van der Waals surface area contributed by atoms with Crippen LogP contribution >= 0.6 is 15.9 Å². The summed E-state index contributed by atoms with van der Waals surface area (Å²) in [6.07, 6.45) is 2.63. The van der Waals surface area contributed by atoms with Crippen LogP contribution in [0.1, 0.15) is 24.8 Å².